The topological polar surface area (TPSA) is 83.9 Å². The summed E-state index contributed by atoms with van der Waals surface area (Å²) in [6.07, 6.45) is 0.364. The van der Waals surface area contributed by atoms with Gasteiger partial charge < -0.3 is 9.84 Å². The number of aliphatic carboxylic acids is 1. The van der Waals surface area contributed by atoms with Gasteiger partial charge >= 0.3 is 5.97 Å². The van der Waals surface area contributed by atoms with Crippen LogP contribution < -0.4 is 9.04 Å². The van der Waals surface area contributed by atoms with Crippen molar-refractivity contribution >= 4 is 21.7 Å². The van der Waals surface area contributed by atoms with E-state index in [1.807, 2.05) is 0 Å². The number of anilines is 1. The van der Waals surface area contributed by atoms with Gasteiger partial charge in [0.05, 0.1) is 17.2 Å². The molecule has 0 aliphatic carbocycles. The fourth-order valence-electron chi connectivity index (χ4n) is 2.60. The molecule has 8 heteroatoms. The minimum absolute atomic E-state index is 0.00457. The summed E-state index contributed by atoms with van der Waals surface area (Å²) in [7, 11) is -3.86. The number of halogens is 1. The summed E-state index contributed by atoms with van der Waals surface area (Å²) in [5.74, 6) is -0.913. The molecule has 0 aliphatic rings. The first-order valence-electron chi connectivity index (χ1n) is 8.49. The summed E-state index contributed by atoms with van der Waals surface area (Å²) in [6.45, 7) is 3.77. The molecule has 0 amide bonds. The highest BCUT2D eigenvalue weighted by Gasteiger charge is 2.24. The fraction of sp³-hybridized carbons (Fsp3) is 0.316. The fourth-order valence-corrected chi connectivity index (χ4v) is 4.15. The number of sulfonamides is 1. The van der Waals surface area contributed by atoms with E-state index in [4.69, 9.17) is 9.84 Å². The Morgan fingerprint density at radius 2 is 1.96 bits per heavy atom. The normalized spacial score (nSPS) is 11.2. The third-order valence-electron chi connectivity index (χ3n) is 3.91. The van der Waals surface area contributed by atoms with Gasteiger partial charge in [0.1, 0.15) is 11.6 Å². The molecule has 0 spiro atoms. The Morgan fingerprint density at radius 3 is 2.56 bits per heavy atom. The van der Waals surface area contributed by atoms with Gasteiger partial charge in [-0.05, 0) is 62.2 Å². The molecule has 1 N–H and O–H groups in total. The van der Waals surface area contributed by atoms with Crippen molar-refractivity contribution in [2.24, 2.45) is 0 Å². The maximum atomic E-state index is 13.5. The summed E-state index contributed by atoms with van der Waals surface area (Å²) >= 11 is 0. The highest BCUT2D eigenvalue weighted by atomic mass is 32.2. The monoisotopic (exact) mass is 395 g/mol. The van der Waals surface area contributed by atoms with Crippen LogP contribution in [0.15, 0.2) is 47.4 Å². The summed E-state index contributed by atoms with van der Waals surface area (Å²) in [5, 5.41) is 8.63. The SMILES string of the molecule is CCN(c1cccc(F)c1)S(=O)(=O)c1ccc(OCCCC(=O)O)c(C)c1. The lowest BCUT2D eigenvalue weighted by atomic mass is 10.2. The second-order valence-corrected chi connectivity index (χ2v) is 7.79. The highest BCUT2D eigenvalue weighted by Crippen LogP contribution is 2.27. The van der Waals surface area contributed by atoms with Crippen LogP contribution in [-0.4, -0.2) is 32.6 Å². The van der Waals surface area contributed by atoms with E-state index in [1.165, 1.54) is 36.4 Å². The van der Waals surface area contributed by atoms with Crippen molar-refractivity contribution < 1.29 is 27.4 Å². The van der Waals surface area contributed by atoms with Crippen LogP contribution in [0.2, 0.25) is 0 Å². The quantitative estimate of drug-likeness (QED) is 0.656. The predicted molar refractivity (Wildman–Crippen MR) is 100 cm³/mol. The van der Waals surface area contributed by atoms with Crippen LogP contribution in [-0.2, 0) is 14.8 Å². The van der Waals surface area contributed by atoms with Crippen molar-refractivity contribution in [3.05, 3.63) is 53.8 Å². The summed E-state index contributed by atoms with van der Waals surface area (Å²) in [6, 6.07) is 9.89. The van der Waals surface area contributed by atoms with Crippen molar-refractivity contribution in [1.82, 2.24) is 0 Å². The van der Waals surface area contributed by atoms with Crippen LogP contribution in [0.1, 0.15) is 25.3 Å². The molecule has 6 nitrogen and oxygen atoms in total. The zero-order valence-electron chi connectivity index (χ0n) is 15.2. The standard InChI is InChI=1S/C19H22FNO5S/c1-3-21(16-7-4-6-15(20)13-16)27(24,25)17-9-10-18(14(2)12-17)26-11-5-8-19(22)23/h4,6-7,9-10,12-13H,3,5,8,11H2,1-2H3,(H,22,23). The minimum Gasteiger partial charge on any atom is -0.493 e. The number of benzene rings is 2. The number of carboxylic acid groups (broad SMARTS) is 1. The second-order valence-electron chi connectivity index (χ2n) is 5.92. The zero-order chi connectivity index (χ0) is 20.0. The first kappa shape index (κ1) is 20.7. The van der Waals surface area contributed by atoms with Crippen molar-refractivity contribution in [1.29, 1.82) is 0 Å². The van der Waals surface area contributed by atoms with E-state index in [2.05, 4.69) is 0 Å². The molecule has 0 bridgehead atoms. The van der Waals surface area contributed by atoms with Crippen LogP contribution in [0.3, 0.4) is 0 Å². The molecule has 0 fully saturated rings. The molecule has 0 saturated heterocycles. The first-order valence-corrected chi connectivity index (χ1v) is 9.93. The van der Waals surface area contributed by atoms with Gasteiger partial charge in [-0.3, -0.25) is 9.10 Å². The summed E-state index contributed by atoms with van der Waals surface area (Å²) in [4.78, 5) is 10.6. The van der Waals surface area contributed by atoms with E-state index >= 15 is 0 Å². The second kappa shape index (κ2) is 8.85. The Morgan fingerprint density at radius 1 is 1.22 bits per heavy atom. The van der Waals surface area contributed by atoms with E-state index in [0.717, 1.165) is 4.31 Å². The van der Waals surface area contributed by atoms with Gasteiger partial charge in [0, 0.05) is 13.0 Å². The Kier molecular flexibility index (Phi) is 6.79. The minimum atomic E-state index is -3.86. The molecule has 146 valence electrons. The van der Waals surface area contributed by atoms with Gasteiger partial charge in [-0.15, -0.1) is 0 Å². The Balaban J connectivity index is 2.22. The van der Waals surface area contributed by atoms with Gasteiger partial charge in [0.15, 0.2) is 0 Å². The van der Waals surface area contributed by atoms with Gasteiger partial charge in [0.25, 0.3) is 10.0 Å². The number of carbonyl (C=O) groups is 1. The van der Waals surface area contributed by atoms with E-state index in [0.29, 0.717) is 17.7 Å². The average molecular weight is 395 g/mol. The van der Waals surface area contributed by atoms with Crippen molar-refractivity contribution in [2.45, 2.75) is 31.6 Å². The number of hydrogen-bond donors (Lipinski definition) is 1. The van der Waals surface area contributed by atoms with Crippen LogP contribution in [0.4, 0.5) is 10.1 Å². The first-order chi connectivity index (χ1) is 12.8. The van der Waals surface area contributed by atoms with Crippen LogP contribution in [0.25, 0.3) is 0 Å². The lowest BCUT2D eigenvalue weighted by Gasteiger charge is -2.23. The lowest BCUT2D eigenvalue weighted by molar-refractivity contribution is -0.137. The molecule has 0 aromatic heterocycles. The molecule has 0 heterocycles. The third kappa shape index (κ3) is 5.19. The molecule has 27 heavy (non-hydrogen) atoms. The molecule has 2 rings (SSSR count). The third-order valence-corrected chi connectivity index (χ3v) is 5.81. The van der Waals surface area contributed by atoms with Crippen molar-refractivity contribution in [3.8, 4) is 5.75 Å². The van der Waals surface area contributed by atoms with E-state index in [1.54, 1.807) is 19.9 Å². The summed E-state index contributed by atoms with van der Waals surface area (Å²) < 4.78 is 46.1. The van der Waals surface area contributed by atoms with Gasteiger partial charge in [-0.1, -0.05) is 6.07 Å². The lowest BCUT2D eigenvalue weighted by Crippen LogP contribution is -2.30. The van der Waals surface area contributed by atoms with Crippen molar-refractivity contribution in [3.63, 3.8) is 0 Å². The molecule has 0 aliphatic heterocycles. The van der Waals surface area contributed by atoms with E-state index in [9.17, 15) is 17.6 Å². The smallest absolute Gasteiger partial charge is 0.303 e. The number of ether oxygens (including phenoxy) is 1. The number of carboxylic acids is 1. The molecular weight excluding hydrogens is 373 g/mol. The van der Waals surface area contributed by atoms with Gasteiger partial charge in [-0.25, -0.2) is 12.8 Å². The zero-order valence-corrected chi connectivity index (χ0v) is 16.0. The molecule has 0 radical (unpaired) electrons. The molecule has 0 saturated carbocycles. The van der Waals surface area contributed by atoms with Crippen LogP contribution >= 0.6 is 0 Å². The average Bonchev–Trinajstić information content (AvgIpc) is 2.60. The Hall–Kier alpha value is -2.61. The van der Waals surface area contributed by atoms with E-state index < -0.39 is 21.8 Å². The number of hydrogen-bond acceptors (Lipinski definition) is 4. The number of aryl methyl sites for hydroxylation is 1. The maximum Gasteiger partial charge on any atom is 0.303 e. The predicted octanol–water partition coefficient (Wildman–Crippen LogP) is 3.59. The number of rotatable bonds is 9. The summed E-state index contributed by atoms with van der Waals surface area (Å²) in [5.41, 5.74) is 0.867. The highest BCUT2D eigenvalue weighted by molar-refractivity contribution is 7.92. The van der Waals surface area contributed by atoms with Crippen LogP contribution in [0.5, 0.6) is 5.75 Å². The molecule has 0 atom stereocenters. The van der Waals surface area contributed by atoms with Crippen molar-refractivity contribution in [2.75, 3.05) is 17.5 Å². The molecule has 0 unspecified atom stereocenters. The Bertz CT molecular complexity index is 914. The van der Waals surface area contributed by atoms with Crippen LogP contribution in [0, 0.1) is 12.7 Å². The maximum absolute atomic E-state index is 13.5. The Labute approximate surface area is 158 Å². The van der Waals surface area contributed by atoms with E-state index in [-0.39, 0.29) is 30.2 Å². The van der Waals surface area contributed by atoms with Gasteiger partial charge in [-0.2, -0.15) is 0 Å². The molecule has 2 aromatic carbocycles. The van der Waals surface area contributed by atoms with Gasteiger partial charge in [0.2, 0.25) is 0 Å². The number of nitrogens with zero attached hydrogens (tertiary/aromatic N) is 1. The molecule has 2 aromatic rings. The largest absolute Gasteiger partial charge is 0.493 e. The molecular formula is C19H22FNO5S.